The molecule has 0 radical (unpaired) electrons. The van der Waals surface area contributed by atoms with Gasteiger partial charge < -0.3 is 15.4 Å². The average Bonchev–Trinajstić information content (AvgIpc) is 2.38. The Bertz CT molecular complexity index is 406. The SMILES string of the molecule is COC(=O)N1CCCCC1c1cccc(N)c1. The molecule has 17 heavy (non-hydrogen) atoms. The Kier molecular flexibility index (Phi) is 3.52. The van der Waals surface area contributed by atoms with Crippen molar-refractivity contribution in [1.29, 1.82) is 0 Å². The third-order valence-electron chi connectivity index (χ3n) is 3.21. The molecule has 0 aliphatic carbocycles. The van der Waals surface area contributed by atoms with Crippen molar-refractivity contribution < 1.29 is 9.53 Å². The number of carbonyl (C=O) groups excluding carboxylic acids is 1. The van der Waals surface area contributed by atoms with Gasteiger partial charge in [-0.1, -0.05) is 12.1 Å². The summed E-state index contributed by atoms with van der Waals surface area (Å²) in [7, 11) is 1.42. The number of likely N-dealkylation sites (tertiary alicyclic amines) is 1. The molecule has 1 fully saturated rings. The lowest BCUT2D eigenvalue weighted by molar-refractivity contribution is 0.0895. The van der Waals surface area contributed by atoms with E-state index in [2.05, 4.69) is 0 Å². The Labute approximate surface area is 101 Å². The lowest BCUT2D eigenvalue weighted by atomic mass is 9.95. The van der Waals surface area contributed by atoms with Gasteiger partial charge >= 0.3 is 6.09 Å². The van der Waals surface area contributed by atoms with E-state index in [4.69, 9.17) is 10.5 Å². The zero-order valence-corrected chi connectivity index (χ0v) is 10.1. The van der Waals surface area contributed by atoms with Crippen molar-refractivity contribution in [3.05, 3.63) is 29.8 Å². The number of carbonyl (C=O) groups is 1. The molecular weight excluding hydrogens is 216 g/mol. The Morgan fingerprint density at radius 3 is 3.00 bits per heavy atom. The van der Waals surface area contributed by atoms with Gasteiger partial charge in [0.1, 0.15) is 0 Å². The number of nitrogens with two attached hydrogens (primary N) is 1. The van der Waals surface area contributed by atoms with Crippen LogP contribution in [-0.2, 0) is 4.74 Å². The van der Waals surface area contributed by atoms with E-state index in [0.717, 1.165) is 37.1 Å². The van der Waals surface area contributed by atoms with E-state index >= 15 is 0 Å². The van der Waals surface area contributed by atoms with Crippen molar-refractivity contribution in [1.82, 2.24) is 4.90 Å². The number of anilines is 1. The molecule has 1 saturated heterocycles. The molecular formula is C13H18N2O2. The van der Waals surface area contributed by atoms with Crippen LogP contribution in [0.3, 0.4) is 0 Å². The molecule has 0 bridgehead atoms. The highest BCUT2D eigenvalue weighted by atomic mass is 16.5. The highest BCUT2D eigenvalue weighted by molar-refractivity contribution is 5.68. The molecule has 2 rings (SSSR count). The number of amides is 1. The summed E-state index contributed by atoms with van der Waals surface area (Å²) in [5.74, 6) is 0. The second-order valence-corrected chi connectivity index (χ2v) is 4.35. The molecule has 4 nitrogen and oxygen atoms in total. The first-order valence-electron chi connectivity index (χ1n) is 5.92. The van der Waals surface area contributed by atoms with Crippen molar-refractivity contribution in [2.45, 2.75) is 25.3 Å². The van der Waals surface area contributed by atoms with Crippen molar-refractivity contribution >= 4 is 11.8 Å². The quantitative estimate of drug-likeness (QED) is 0.760. The number of ether oxygens (including phenoxy) is 1. The molecule has 4 heteroatoms. The number of methoxy groups -OCH3 is 1. The number of benzene rings is 1. The third kappa shape index (κ3) is 2.52. The van der Waals surface area contributed by atoms with Gasteiger partial charge in [0.25, 0.3) is 0 Å². The number of hydrogen-bond donors (Lipinski definition) is 1. The summed E-state index contributed by atoms with van der Waals surface area (Å²) in [6.45, 7) is 0.756. The molecule has 1 aliphatic heterocycles. The largest absolute Gasteiger partial charge is 0.453 e. The molecule has 1 aromatic rings. The predicted molar refractivity (Wildman–Crippen MR) is 66.6 cm³/mol. The molecule has 0 saturated carbocycles. The van der Waals surface area contributed by atoms with Gasteiger partial charge in [0.15, 0.2) is 0 Å². The summed E-state index contributed by atoms with van der Waals surface area (Å²) < 4.78 is 4.83. The van der Waals surface area contributed by atoms with Gasteiger partial charge in [-0.15, -0.1) is 0 Å². The summed E-state index contributed by atoms with van der Waals surface area (Å²) in [4.78, 5) is 13.5. The van der Waals surface area contributed by atoms with Gasteiger partial charge in [0.05, 0.1) is 13.2 Å². The molecule has 2 N–H and O–H groups in total. The Balaban J connectivity index is 2.24. The smallest absolute Gasteiger partial charge is 0.409 e. The highest BCUT2D eigenvalue weighted by Crippen LogP contribution is 2.31. The van der Waals surface area contributed by atoms with Crippen molar-refractivity contribution in [3.8, 4) is 0 Å². The predicted octanol–water partition coefficient (Wildman–Crippen LogP) is 2.56. The van der Waals surface area contributed by atoms with Crippen molar-refractivity contribution in [2.24, 2.45) is 0 Å². The van der Waals surface area contributed by atoms with Gasteiger partial charge in [0, 0.05) is 12.2 Å². The summed E-state index contributed by atoms with van der Waals surface area (Å²) >= 11 is 0. The maximum absolute atomic E-state index is 11.7. The van der Waals surface area contributed by atoms with Crippen LogP contribution >= 0.6 is 0 Å². The molecule has 0 spiro atoms. The average molecular weight is 234 g/mol. The van der Waals surface area contributed by atoms with Crippen LogP contribution < -0.4 is 5.73 Å². The first-order chi connectivity index (χ1) is 8.22. The fraction of sp³-hybridized carbons (Fsp3) is 0.462. The van der Waals surface area contributed by atoms with E-state index in [9.17, 15) is 4.79 Å². The topological polar surface area (TPSA) is 55.6 Å². The summed E-state index contributed by atoms with van der Waals surface area (Å²) in [6.07, 6.45) is 2.89. The maximum atomic E-state index is 11.7. The fourth-order valence-electron chi connectivity index (χ4n) is 2.38. The molecule has 1 amide bonds. The van der Waals surface area contributed by atoms with Crippen LogP contribution in [0.1, 0.15) is 30.9 Å². The molecule has 1 aromatic carbocycles. The Morgan fingerprint density at radius 2 is 2.29 bits per heavy atom. The molecule has 1 heterocycles. The molecule has 1 aliphatic rings. The van der Waals surface area contributed by atoms with Crippen molar-refractivity contribution in [2.75, 3.05) is 19.4 Å². The molecule has 1 atom stereocenters. The zero-order chi connectivity index (χ0) is 12.3. The molecule has 0 aromatic heterocycles. The zero-order valence-electron chi connectivity index (χ0n) is 10.1. The first-order valence-corrected chi connectivity index (χ1v) is 5.92. The second-order valence-electron chi connectivity index (χ2n) is 4.35. The van der Waals surface area contributed by atoms with Crippen LogP contribution in [0.4, 0.5) is 10.5 Å². The fourth-order valence-corrected chi connectivity index (χ4v) is 2.38. The van der Waals surface area contributed by atoms with E-state index in [-0.39, 0.29) is 12.1 Å². The van der Waals surface area contributed by atoms with Crippen LogP contribution in [0, 0.1) is 0 Å². The van der Waals surface area contributed by atoms with Crippen molar-refractivity contribution in [3.63, 3.8) is 0 Å². The van der Waals surface area contributed by atoms with Crippen LogP contribution in [0.5, 0.6) is 0 Å². The van der Waals surface area contributed by atoms with E-state index < -0.39 is 0 Å². The minimum absolute atomic E-state index is 0.0969. The number of nitrogen functional groups attached to an aromatic ring is 1. The number of rotatable bonds is 1. The van der Waals surface area contributed by atoms with Gasteiger partial charge in [-0.3, -0.25) is 0 Å². The lowest BCUT2D eigenvalue weighted by Crippen LogP contribution is -2.38. The van der Waals surface area contributed by atoms with E-state index in [1.54, 1.807) is 4.90 Å². The van der Waals surface area contributed by atoms with E-state index in [1.165, 1.54) is 7.11 Å². The van der Waals surface area contributed by atoms with Gasteiger partial charge in [0.2, 0.25) is 0 Å². The summed E-state index contributed by atoms with van der Waals surface area (Å²) in [6, 6.07) is 7.83. The highest BCUT2D eigenvalue weighted by Gasteiger charge is 2.28. The van der Waals surface area contributed by atoms with Gasteiger partial charge in [-0.25, -0.2) is 4.79 Å². The Morgan fingerprint density at radius 1 is 1.47 bits per heavy atom. The Hall–Kier alpha value is -1.71. The summed E-state index contributed by atoms with van der Waals surface area (Å²) in [5.41, 5.74) is 7.61. The first kappa shape index (κ1) is 11.8. The van der Waals surface area contributed by atoms with Crippen LogP contribution in [-0.4, -0.2) is 24.6 Å². The molecule has 1 unspecified atom stereocenters. The van der Waals surface area contributed by atoms with Crippen LogP contribution in [0.25, 0.3) is 0 Å². The standard InChI is InChI=1S/C13H18N2O2/c1-17-13(16)15-8-3-2-7-12(15)10-5-4-6-11(14)9-10/h4-6,9,12H,2-3,7-8,14H2,1H3. The minimum atomic E-state index is -0.253. The number of nitrogens with zero attached hydrogens (tertiary/aromatic N) is 1. The van der Waals surface area contributed by atoms with Gasteiger partial charge in [-0.2, -0.15) is 0 Å². The van der Waals surface area contributed by atoms with Crippen LogP contribution in [0.15, 0.2) is 24.3 Å². The van der Waals surface area contributed by atoms with Crippen LogP contribution in [0.2, 0.25) is 0 Å². The number of piperidine rings is 1. The second kappa shape index (κ2) is 5.08. The maximum Gasteiger partial charge on any atom is 0.409 e. The number of hydrogen-bond acceptors (Lipinski definition) is 3. The monoisotopic (exact) mass is 234 g/mol. The summed E-state index contributed by atoms with van der Waals surface area (Å²) in [5, 5.41) is 0. The minimum Gasteiger partial charge on any atom is -0.453 e. The third-order valence-corrected chi connectivity index (χ3v) is 3.21. The van der Waals surface area contributed by atoms with E-state index in [0.29, 0.717) is 0 Å². The lowest BCUT2D eigenvalue weighted by Gasteiger charge is -2.34. The molecule has 92 valence electrons. The van der Waals surface area contributed by atoms with Gasteiger partial charge in [-0.05, 0) is 37.0 Å². The normalized spacial score (nSPS) is 20.1. The van der Waals surface area contributed by atoms with E-state index in [1.807, 2.05) is 24.3 Å².